The molecule has 0 unspecified atom stereocenters. The number of fused-ring (bicyclic) bond motifs is 3. The van der Waals surface area contributed by atoms with E-state index in [0.29, 0.717) is 5.56 Å². The first-order chi connectivity index (χ1) is 17.0. The summed E-state index contributed by atoms with van der Waals surface area (Å²) in [5, 5.41) is 4.72. The van der Waals surface area contributed by atoms with Gasteiger partial charge in [0.25, 0.3) is 0 Å². The Hall–Kier alpha value is -3.00. The average molecular weight is 554 g/mol. The highest BCUT2D eigenvalue weighted by Gasteiger charge is 2.26. The van der Waals surface area contributed by atoms with Crippen molar-refractivity contribution in [3.8, 4) is 0 Å². The fraction of sp³-hybridized carbons (Fsp3) is 0.185. The molecule has 0 fully saturated rings. The molecule has 0 atom stereocenters. The normalized spacial score (nSPS) is 13.9. The molecule has 3 heterocycles. The second-order valence-corrected chi connectivity index (χ2v) is 9.86. The number of carbonyl (C=O) groups is 1. The molecular formula is C27H23BrClFN4O. The summed E-state index contributed by atoms with van der Waals surface area (Å²) in [7, 11) is 0. The van der Waals surface area contributed by atoms with Gasteiger partial charge in [0.2, 0.25) is 5.95 Å². The summed E-state index contributed by atoms with van der Waals surface area (Å²) in [6, 6.07) is 16.6. The molecule has 0 spiro atoms. The smallest absolute Gasteiger partial charge is 0.326 e. The molecule has 5 rings (SSSR count). The molecule has 5 nitrogen and oxygen atoms in total. The van der Waals surface area contributed by atoms with Crippen molar-refractivity contribution in [3.63, 3.8) is 0 Å². The van der Waals surface area contributed by atoms with Gasteiger partial charge in [0.05, 0.1) is 5.52 Å². The van der Waals surface area contributed by atoms with Gasteiger partial charge in [0.1, 0.15) is 0 Å². The van der Waals surface area contributed by atoms with Crippen molar-refractivity contribution in [3.05, 3.63) is 105 Å². The van der Waals surface area contributed by atoms with Gasteiger partial charge in [0, 0.05) is 59.4 Å². The largest absolute Gasteiger partial charge is 0.333 e. The predicted octanol–water partition coefficient (Wildman–Crippen LogP) is 6.42. The number of hydrogen-bond donors (Lipinski definition) is 1. The maximum Gasteiger partial charge on any atom is 0.326 e. The number of rotatable bonds is 5. The maximum atomic E-state index is 13.4. The number of nitrogens with one attached hydrogen (secondary N) is 1. The van der Waals surface area contributed by atoms with E-state index in [4.69, 9.17) is 11.6 Å². The van der Waals surface area contributed by atoms with E-state index < -0.39 is 5.95 Å². The van der Waals surface area contributed by atoms with Gasteiger partial charge in [-0.25, -0.2) is 9.78 Å². The molecule has 1 N–H and O–H groups in total. The van der Waals surface area contributed by atoms with Gasteiger partial charge in [-0.1, -0.05) is 51.8 Å². The van der Waals surface area contributed by atoms with Crippen LogP contribution >= 0.6 is 27.5 Å². The van der Waals surface area contributed by atoms with Crippen LogP contribution in [-0.4, -0.2) is 33.6 Å². The first-order valence-electron chi connectivity index (χ1n) is 11.3. The monoisotopic (exact) mass is 552 g/mol. The Labute approximate surface area is 216 Å². The second kappa shape index (κ2) is 10.3. The van der Waals surface area contributed by atoms with Crippen LogP contribution in [0.1, 0.15) is 22.4 Å². The van der Waals surface area contributed by atoms with Crippen LogP contribution in [0.15, 0.2) is 71.3 Å². The molecule has 4 aromatic rings. The summed E-state index contributed by atoms with van der Waals surface area (Å²) in [6.45, 7) is 2.63. The number of benzene rings is 2. The van der Waals surface area contributed by atoms with Crippen molar-refractivity contribution in [2.24, 2.45) is 0 Å². The van der Waals surface area contributed by atoms with Crippen molar-refractivity contribution in [1.82, 2.24) is 19.8 Å². The van der Waals surface area contributed by atoms with Crippen molar-refractivity contribution < 1.29 is 9.18 Å². The molecule has 0 aliphatic carbocycles. The van der Waals surface area contributed by atoms with Crippen LogP contribution in [0.5, 0.6) is 0 Å². The Morgan fingerprint density at radius 3 is 2.80 bits per heavy atom. The van der Waals surface area contributed by atoms with Crippen LogP contribution in [0.2, 0.25) is 5.02 Å². The fourth-order valence-corrected chi connectivity index (χ4v) is 4.98. The SMILES string of the molecule is O=C(NCc1ccnc(F)c1)n1c2c(c3cc(Br)ccc31)CN(C/C=C/c1ccc(Cl)cc1)CC2. The van der Waals surface area contributed by atoms with Crippen LogP contribution in [-0.2, 0) is 19.5 Å². The third-order valence-corrected chi connectivity index (χ3v) is 6.92. The van der Waals surface area contributed by atoms with Crippen LogP contribution in [0, 0.1) is 5.95 Å². The van der Waals surface area contributed by atoms with Gasteiger partial charge in [-0.05, 0) is 59.2 Å². The van der Waals surface area contributed by atoms with Crippen molar-refractivity contribution in [2.45, 2.75) is 19.5 Å². The zero-order chi connectivity index (χ0) is 24.4. The molecule has 0 radical (unpaired) electrons. The zero-order valence-electron chi connectivity index (χ0n) is 18.8. The highest BCUT2D eigenvalue weighted by molar-refractivity contribution is 9.10. The van der Waals surface area contributed by atoms with Crippen LogP contribution in [0.3, 0.4) is 0 Å². The van der Waals surface area contributed by atoms with E-state index in [0.717, 1.165) is 63.3 Å². The highest BCUT2D eigenvalue weighted by Crippen LogP contribution is 2.33. The Morgan fingerprint density at radius 2 is 2.00 bits per heavy atom. The highest BCUT2D eigenvalue weighted by atomic mass is 79.9. The molecule has 178 valence electrons. The average Bonchev–Trinajstić information content (AvgIpc) is 3.17. The molecule has 2 aromatic heterocycles. The number of nitrogens with zero attached hydrogens (tertiary/aromatic N) is 3. The molecule has 1 amide bonds. The summed E-state index contributed by atoms with van der Waals surface area (Å²) < 4.78 is 16.2. The van der Waals surface area contributed by atoms with E-state index in [-0.39, 0.29) is 12.6 Å². The number of halogens is 3. The minimum atomic E-state index is -0.560. The second-order valence-electron chi connectivity index (χ2n) is 8.51. The minimum Gasteiger partial charge on any atom is -0.333 e. The van der Waals surface area contributed by atoms with Gasteiger partial charge < -0.3 is 5.32 Å². The first kappa shape index (κ1) is 23.7. The maximum absolute atomic E-state index is 13.4. The predicted molar refractivity (Wildman–Crippen MR) is 141 cm³/mol. The van der Waals surface area contributed by atoms with E-state index in [1.165, 1.54) is 12.3 Å². The molecular weight excluding hydrogens is 531 g/mol. The lowest BCUT2D eigenvalue weighted by Crippen LogP contribution is -2.34. The number of aromatic nitrogens is 2. The van der Waals surface area contributed by atoms with Crippen molar-refractivity contribution in [1.29, 1.82) is 0 Å². The standard InChI is InChI=1S/C27H23BrClFN4O/c28-20-5-8-24-22(15-20)23-17-33(12-1-2-18-3-6-21(29)7-4-18)13-10-25(23)34(24)27(35)32-16-19-9-11-31-26(30)14-19/h1-9,11,14-15H,10,12-13,16-17H2,(H,32,35)/b2-1+. The van der Waals surface area contributed by atoms with Crippen molar-refractivity contribution >= 4 is 50.5 Å². The molecule has 1 aliphatic rings. The van der Waals surface area contributed by atoms with Crippen LogP contribution in [0.25, 0.3) is 17.0 Å². The summed E-state index contributed by atoms with van der Waals surface area (Å²) in [6.07, 6.45) is 6.41. The third kappa shape index (κ3) is 5.32. The number of carbonyl (C=O) groups excluding carboxylic acids is 1. The Balaban J connectivity index is 1.37. The molecule has 0 bridgehead atoms. The quantitative estimate of drug-likeness (QED) is 0.290. The molecule has 2 aromatic carbocycles. The third-order valence-electron chi connectivity index (χ3n) is 6.17. The molecule has 8 heteroatoms. The van der Waals surface area contributed by atoms with Crippen LogP contribution < -0.4 is 5.32 Å². The number of pyridine rings is 1. The molecule has 35 heavy (non-hydrogen) atoms. The van der Waals surface area contributed by atoms with Gasteiger partial charge in [0.15, 0.2) is 0 Å². The van der Waals surface area contributed by atoms with Gasteiger partial charge in [-0.15, -0.1) is 0 Å². The minimum absolute atomic E-state index is 0.216. The molecule has 0 saturated heterocycles. The summed E-state index contributed by atoms with van der Waals surface area (Å²) >= 11 is 9.55. The van der Waals surface area contributed by atoms with Gasteiger partial charge >= 0.3 is 6.03 Å². The number of hydrogen-bond acceptors (Lipinski definition) is 3. The lowest BCUT2D eigenvalue weighted by atomic mass is 10.0. The van der Waals surface area contributed by atoms with E-state index >= 15 is 0 Å². The van der Waals surface area contributed by atoms with Gasteiger partial charge in [-0.2, -0.15) is 4.39 Å². The van der Waals surface area contributed by atoms with Crippen LogP contribution in [0.4, 0.5) is 9.18 Å². The lowest BCUT2D eigenvalue weighted by Gasteiger charge is -2.27. The van der Waals surface area contributed by atoms with E-state index in [1.54, 1.807) is 10.6 Å². The van der Waals surface area contributed by atoms with Crippen molar-refractivity contribution in [2.75, 3.05) is 13.1 Å². The van der Waals surface area contributed by atoms with E-state index in [2.05, 4.69) is 49.3 Å². The lowest BCUT2D eigenvalue weighted by molar-refractivity contribution is 0.240. The van der Waals surface area contributed by atoms with Gasteiger partial charge in [-0.3, -0.25) is 9.47 Å². The molecule has 1 aliphatic heterocycles. The Morgan fingerprint density at radius 1 is 1.17 bits per heavy atom. The zero-order valence-corrected chi connectivity index (χ0v) is 21.2. The van der Waals surface area contributed by atoms with E-state index in [9.17, 15) is 9.18 Å². The Bertz CT molecular complexity index is 1420. The first-order valence-corrected chi connectivity index (χ1v) is 12.5. The Kier molecular flexibility index (Phi) is 7.00. The topological polar surface area (TPSA) is 50.2 Å². The summed E-state index contributed by atoms with van der Waals surface area (Å²) in [4.78, 5) is 19.2. The summed E-state index contributed by atoms with van der Waals surface area (Å²) in [5.74, 6) is -0.560. The fourth-order valence-electron chi connectivity index (χ4n) is 4.50. The molecule has 0 saturated carbocycles. The van der Waals surface area contributed by atoms with E-state index in [1.807, 2.05) is 36.4 Å². The summed E-state index contributed by atoms with van der Waals surface area (Å²) in [5.41, 5.74) is 4.83. The number of amides is 1.